The Morgan fingerprint density at radius 3 is 2.37 bits per heavy atom. The van der Waals surface area contributed by atoms with E-state index in [1.54, 1.807) is 0 Å². The molecule has 1 unspecified atom stereocenters. The highest BCUT2D eigenvalue weighted by Gasteiger charge is 2.18. The van der Waals surface area contributed by atoms with Crippen LogP contribution in [0, 0.1) is 6.92 Å². The van der Waals surface area contributed by atoms with Gasteiger partial charge >= 0.3 is 0 Å². The van der Waals surface area contributed by atoms with Crippen molar-refractivity contribution in [2.45, 2.75) is 19.5 Å². The van der Waals surface area contributed by atoms with Gasteiger partial charge in [-0.15, -0.1) is 10.2 Å². The molecular formula is C23H20ClN5O. The van der Waals surface area contributed by atoms with Crippen LogP contribution in [0.2, 0.25) is 5.02 Å². The Labute approximate surface area is 179 Å². The zero-order valence-corrected chi connectivity index (χ0v) is 17.1. The van der Waals surface area contributed by atoms with Crippen molar-refractivity contribution in [3.63, 3.8) is 0 Å². The summed E-state index contributed by atoms with van der Waals surface area (Å²) in [5, 5.41) is 16.2. The largest absolute Gasteiger partial charge is 0.344 e. The minimum atomic E-state index is -0.310. The lowest BCUT2D eigenvalue weighted by atomic mass is 9.99. The predicted molar refractivity (Wildman–Crippen MR) is 116 cm³/mol. The first-order chi connectivity index (χ1) is 14.6. The maximum absolute atomic E-state index is 12.8. The second-order valence-electron chi connectivity index (χ2n) is 6.92. The van der Waals surface area contributed by atoms with Gasteiger partial charge in [0.05, 0.1) is 6.04 Å². The second-order valence-corrected chi connectivity index (χ2v) is 7.36. The molecule has 0 spiro atoms. The van der Waals surface area contributed by atoms with Crippen LogP contribution in [-0.4, -0.2) is 26.1 Å². The highest BCUT2D eigenvalue weighted by atomic mass is 35.5. The van der Waals surface area contributed by atoms with E-state index in [4.69, 9.17) is 11.6 Å². The van der Waals surface area contributed by atoms with E-state index in [-0.39, 0.29) is 18.5 Å². The minimum Gasteiger partial charge on any atom is -0.344 e. The predicted octanol–water partition coefficient (Wildman–Crippen LogP) is 4.21. The van der Waals surface area contributed by atoms with Crippen molar-refractivity contribution in [3.8, 4) is 11.4 Å². The van der Waals surface area contributed by atoms with E-state index in [1.807, 2.05) is 85.8 Å². The van der Waals surface area contributed by atoms with Gasteiger partial charge in [-0.1, -0.05) is 78.3 Å². The molecule has 0 radical (unpaired) electrons. The van der Waals surface area contributed by atoms with E-state index in [0.717, 1.165) is 22.3 Å². The molecule has 0 fully saturated rings. The van der Waals surface area contributed by atoms with Crippen LogP contribution in [-0.2, 0) is 11.3 Å². The summed E-state index contributed by atoms with van der Waals surface area (Å²) in [7, 11) is 0. The fraction of sp³-hybridized carbons (Fsp3) is 0.130. The molecule has 1 N–H and O–H groups in total. The van der Waals surface area contributed by atoms with Crippen molar-refractivity contribution in [3.05, 3.63) is 101 Å². The molecule has 0 aliphatic rings. The molecular weight excluding hydrogens is 398 g/mol. The highest BCUT2D eigenvalue weighted by molar-refractivity contribution is 6.30. The van der Waals surface area contributed by atoms with E-state index >= 15 is 0 Å². The van der Waals surface area contributed by atoms with E-state index in [9.17, 15) is 4.79 Å². The number of tetrazole rings is 1. The van der Waals surface area contributed by atoms with Gasteiger partial charge in [0.2, 0.25) is 11.7 Å². The molecule has 6 nitrogen and oxygen atoms in total. The second kappa shape index (κ2) is 8.88. The third-order valence-corrected chi connectivity index (χ3v) is 5.02. The summed E-state index contributed by atoms with van der Waals surface area (Å²) in [5.74, 6) is 0.283. The summed E-state index contributed by atoms with van der Waals surface area (Å²) in [6.07, 6.45) is 0. The number of aryl methyl sites for hydroxylation is 1. The number of hydrogen-bond acceptors (Lipinski definition) is 4. The molecule has 1 atom stereocenters. The number of aromatic nitrogens is 4. The maximum Gasteiger partial charge on any atom is 0.244 e. The van der Waals surface area contributed by atoms with Crippen molar-refractivity contribution in [1.29, 1.82) is 0 Å². The molecule has 1 amide bonds. The minimum absolute atomic E-state index is 0.0319. The first-order valence-corrected chi connectivity index (χ1v) is 9.91. The average molecular weight is 418 g/mol. The molecule has 4 rings (SSSR count). The Balaban J connectivity index is 1.52. The van der Waals surface area contributed by atoms with Crippen LogP contribution in [0.1, 0.15) is 22.7 Å². The highest BCUT2D eigenvalue weighted by Crippen LogP contribution is 2.23. The van der Waals surface area contributed by atoms with Crippen LogP contribution >= 0.6 is 11.6 Å². The number of halogens is 1. The Hall–Kier alpha value is -3.51. The van der Waals surface area contributed by atoms with Crippen molar-refractivity contribution in [1.82, 2.24) is 25.5 Å². The Kier molecular flexibility index (Phi) is 5.86. The molecule has 0 bridgehead atoms. The number of nitrogens with zero attached hydrogens (tertiary/aromatic N) is 4. The summed E-state index contributed by atoms with van der Waals surface area (Å²) >= 11 is 6.03. The topological polar surface area (TPSA) is 72.7 Å². The maximum atomic E-state index is 12.8. The number of carbonyl (C=O) groups is 1. The Bertz CT molecular complexity index is 1140. The molecule has 7 heteroatoms. The third-order valence-electron chi connectivity index (χ3n) is 4.77. The summed E-state index contributed by atoms with van der Waals surface area (Å²) in [6, 6.07) is 24.7. The number of carbonyl (C=O) groups excluding carboxylic acids is 1. The van der Waals surface area contributed by atoms with Gasteiger partial charge in [-0.25, -0.2) is 0 Å². The standard InChI is InChI=1S/C23H20ClN5O/c1-16-7-5-6-10-20(16)23-26-28-29(27-23)15-21(30)25-22(17-8-3-2-4-9-17)18-11-13-19(24)14-12-18/h2-14,22H,15H2,1H3,(H,25,30). The molecule has 1 heterocycles. The molecule has 0 aliphatic heterocycles. The van der Waals surface area contributed by atoms with Crippen molar-refractivity contribution in [2.24, 2.45) is 0 Å². The first-order valence-electron chi connectivity index (χ1n) is 9.54. The van der Waals surface area contributed by atoms with Gasteiger partial charge in [0, 0.05) is 10.6 Å². The lowest BCUT2D eigenvalue weighted by Crippen LogP contribution is -2.32. The van der Waals surface area contributed by atoms with Gasteiger partial charge in [0.1, 0.15) is 6.54 Å². The fourth-order valence-electron chi connectivity index (χ4n) is 3.24. The Morgan fingerprint density at radius 1 is 0.967 bits per heavy atom. The molecule has 0 aliphatic carbocycles. The fourth-order valence-corrected chi connectivity index (χ4v) is 3.36. The normalized spacial score (nSPS) is 11.8. The van der Waals surface area contributed by atoms with Crippen LogP contribution in [0.4, 0.5) is 0 Å². The van der Waals surface area contributed by atoms with Crippen molar-refractivity contribution < 1.29 is 4.79 Å². The van der Waals surface area contributed by atoms with Gasteiger partial charge in [-0.3, -0.25) is 4.79 Å². The van der Waals surface area contributed by atoms with Gasteiger partial charge in [0.15, 0.2) is 0 Å². The van der Waals surface area contributed by atoms with Crippen molar-refractivity contribution in [2.75, 3.05) is 0 Å². The number of rotatable bonds is 6. The van der Waals surface area contributed by atoms with Gasteiger partial charge < -0.3 is 5.32 Å². The van der Waals surface area contributed by atoms with Crippen LogP contribution in [0.3, 0.4) is 0 Å². The number of hydrogen-bond donors (Lipinski definition) is 1. The monoisotopic (exact) mass is 417 g/mol. The molecule has 0 saturated carbocycles. The van der Waals surface area contributed by atoms with Crippen LogP contribution < -0.4 is 5.32 Å². The average Bonchev–Trinajstić information content (AvgIpc) is 3.22. The quantitative estimate of drug-likeness (QED) is 0.510. The lowest BCUT2D eigenvalue weighted by Gasteiger charge is -2.20. The van der Waals surface area contributed by atoms with Crippen LogP contribution in [0.5, 0.6) is 0 Å². The molecule has 3 aromatic carbocycles. The number of benzene rings is 3. The van der Waals surface area contributed by atoms with Gasteiger partial charge in [-0.2, -0.15) is 4.80 Å². The molecule has 0 saturated heterocycles. The lowest BCUT2D eigenvalue weighted by molar-refractivity contribution is -0.122. The van der Waals surface area contributed by atoms with Crippen LogP contribution in [0.15, 0.2) is 78.9 Å². The number of nitrogens with one attached hydrogen (secondary N) is 1. The molecule has 4 aromatic rings. The summed E-state index contributed by atoms with van der Waals surface area (Å²) in [6.45, 7) is 1.95. The van der Waals surface area contributed by atoms with E-state index in [1.165, 1.54) is 4.80 Å². The Morgan fingerprint density at radius 2 is 1.63 bits per heavy atom. The van der Waals surface area contributed by atoms with Crippen molar-refractivity contribution >= 4 is 17.5 Å². The first kappa shape index (κ1) is 19.8. The molecule has 1 aromatic heterocycles. The SMILES string of the molecule is Cc1ccccc1-c1nnn(CC(=O)NC(c2ccccc2)c2ccc(Cl)cc2)n1. The van der Waals surface area contributed by atoms with E-state index in [0.29, 0.717) is 10.8 Å². The zero-order chi connectivity index (χ0) is 20.9. The summed E-state index contributed by atoms with van der Waals surface area (Å²) in [4.78, 5) is 14.1. The van der Waals surface area contributed by atoms with Gasteiger partial charge in [-0.05, 0) is 41.0 Å². The summed E-state index contributed by atoms with van der Waals surface area (Å²) in [5.41, 5.74) is 3.85. The number of amides is 1. The molecule has 30 heavy (non-hydrogen) atoms. The molecule has 150 valence electrons. The summed E-state index contributed by atoms with van der Waals surface area (Å²) < 4.78 is 0. The van der Waals surface area contributed by atoms with E-state index < -0.39 is 0 Å². The zero-order valence-electron chi connectivity index (χ0n) is 16.4. The smallest absolute Gasteiger partial charge is 0.244 e. The van der Waals surface area contributed by atoms with Crippen LogP contribution in [0.25, 0.3) is 11.4 Å². The third kappa shape index (κ3) is 4.55. The van der Waals surface area contributed by atoms with Gasteiger partial charge in [0.25, 0.3) is 0 Å². The van der Waals surface area contributed by atoms with E-state index in [2.05, 4.69) is 20.7 Å².